The SMILES string of the molecule is CN=C(NCC1CCCO1)N1CCC(OCCCOC)CC1. The summed E-state index contributed by atoms with van der Waals surface area (Å²) in [7, 11) is 3.58. The quantitative estimate of drug-likeness (QED) is 0.436. The van der Waals surface area contributed by atoms with Crippen LogP contribution in [0.5, 0.6) is 0 Å². The minimum Gasteiger partial charge on any atom is -0.385 e. The summed E-state index contributed by atoms with van der Waals surface area (Å²) in [6.45, 7) is 5.33. The highest BCUT2D eigenvalue weighted by molar-refractivity contribution is 5.80. The van der Waals surface area contributed by atoms with E-state index in [-0.39, 0.29) is 0 Å². The van der Waals surface area contributed by atoms with Gasteiger partial charge >= 0.3 is 0 Å². The van der Waals surface area contributed by atoms with Crippen molar-refractivity contribution in [2.24, 2.45) is 4.99 Å². The summed E-state index contributed by atoms with van der Waals surface area (Å²) in [6, 6.07) is 0. The van der Waals surface area contributed by atoms with Crippen LogP contribution in [0.4, 0.5) is 0 Å². The number of aliphatic imine (C=N–C) groups is 1. The third-order valence-corrected chi connectivity index (χ3v) is 4.31. The van der Waals surface area contributed by atoms with Gasteiger partial charge in [-0.1, -0.05) is 0 Å². The summed E-state index contributed by atoms with van der Waals surface area (Å²) in [6.07, 6.45) is 6.16. The fourth-order valence-electron chi connectivity index (χ4n) is 3.03. The Balaban J connectivity index is 1.63. The fourth-order valence-corrected chi connectivity index (χ4v) is 3.03. The first-order chi connectivity index (χ1) is 10.8. The number of hydrogen-bond donors (Lipinski definition) is 1. The monoisotopic (exact) mass is 313 g/mol. The van der Waals surface area contributed by atoms with Crippen molar-refractivity contribution in [1.82, 2.24) is 10.2 Å². The molecule has 6 nitrogen and oxygen atoms in total. The van der Waals surface area contributed by atoms with Gasteiger partial charge in [0.25, 0.3) is 0 Å². The zero-order chi connectivity index (χ0) is 15.6. The van der Waals surface area contributed by atoms with Gasteiger partial charge in [0.2, 0.25) is 0 Å². The van der Waals surface area contributed by atoms with Gasteiger partial charge in [0, 0.05) is 53.6 Å². The summed E-state index contributed by atoms with van der Waals surface area (Å²) in [5, 5.41) is 3.45. The van der Waals surface area contributed by atoms with Gasteiger partial charge in [-0.15, -0.1) is 0 Å². The number of likely N-dealkylation sites (tertiary alicyclic amines) is 1. The van der Waals surface area contributed by atoms with E-state index in [1.165, 1.54) is 6.42 Å². The van der Waals surface area contributed by atoms with Crippen molar-refractivity contribution in [3.05, 3.63) is 0 Å². The minimum atomic E-state index is 0.346. The molecular formula is C16H31N3O3. The second-order valence-electron chi connectivity index (χ2n) is 5.97. The van der Waals surface area contributed by atoms with E-state index in [0.717, 1.165) is 71.1 Å². The average molecular weight is 313 g/mol. The van der Waals surface area contributed by atoms with Crippen LogP contribution in [0, 0.1) is 0 Å². The Morgan fingerprint density at radius 2 is 2.09 bits per heavy atom. The van der Waals surface area contributed by atoms with E-state index >= 15 is 0 Å². The van der Waals surface area contributed by atoms with Gasteiger partial charge in [-0.05, 0) is 32.1 Å². The molecule has 2 saturated heterocycles. The summed E-state index contributed by atoms with van der Waals surface area (Å²) >= 11 is 0. The number of methoxy groups -OCH3 is 1. The zero-order valence-electron chi connectivity index (χ0n) is 14.1. The van der Waals surface area contributed by atoms with Crippen molar-refractivity contribution in [1.29, 1.82) is 0 Å². The fraction of sp³-hybridized carbons (Fsp3) is 0.938. The third kappa shape index (κ3) is 5.74. The molecule has 2 aliphatic rings. The molecule has 0 radical (unpaired) electrons. The van der Waals surface area contributed by atoms with E-state index < -0.39 is 0 Å². The van der Waals surface area contributed by atoms with E-state index in [2.05, 4.69) is 15.2 Å². The lowest BCUT2D eigenvalue weighted by Gasteiger charge is -2.34. The van der Waals surface area contributed by atoms with Crippen LogP contribution in [0.25, 0.3) is 0 Å². The lowest BCUT2D eigenvalue weighted by molar-refractivity contribution is 0.00977. The highest BCUT2D eigenvalue weighted by Gasteiger charge is 2.23. The molecule has 0 saturated carbocycles. The normalized spacial score (nSPS) is 24.0. The lowest BCUT2D eigenvalue weighted by Crippen LogP contribution is -2.48. The van der Waals surface area contributed by atoms with Gasteiger partial charge in [0.15, 0.2) is 5.96 Å². The smallest absolute Gasteiger partial charge is 0.193 e. The highest BCUT2D eigenvalue weighted by atomic mass is 16.5. The Morgan fingerprint density at radius 3 is 2.73 bits per heavy atom. The lowest BCUT2D eigenvalue weighted by atomic mass is 10.1. The number of ether oxygens (including phenoxy) is 3. The van der Waals surface area contributed by atoms with Crippen LogP contribution >= 0.6 is 0 Å². The number of nitrogens with one attached hydrogen (secondary N) is 1. The second kappa shape index (κ2) is 10.0. The number of piperidine rings is 1. The molecule has 22 heavy (non-hydrogen) atoms. The van der Waals surface area contributed by atoms with Crippen LogP contribution in [-0.2, 0) is 14.2 Å². The maximum atomic E-state index is 5.90. The number of rotatable bonds is 7. The van der Waals surface area contributed by atoms with E-state index in [0.29, 0.717) is 12.2 Å². The molecule has 0 amide bonds. The molecule has 2 fully saturated rings. The predicted octanol–water partition coefficient (Wildman–Crippen LogP) is 1.26. The molecular weight excluding hydrogens is 282 g/mol. The van der Waals surface area contributed by atoms with Crippen molar-refractivity contribution in [2.45, 2.75) is 44.3 Å². The van der Waals surface area contributed by atoms with Gasteiger partial charge < -0.3 is 24.4 Å². The topological polar surface area (TPSA) is 55.3 Å². The summed E-state index contributed by atoms with van der Waals surface area (Å²) < 4.78 is 16.6. The Labute approximate surface area is 134 Å². The van der Waals surface area contributed by atoms with Gasteiger partial charge in [-0.3, -0.25) is 4.99 Å². The van der Waals surface area contributed by atoms with E-state index in [1.807, 2.05) is 7.05 Å². The van der Waals surface area contributed by atoms with E-state index in [4.69, 9.17) is 14.2 Å². The largest absolute Gasteiger partial charge is 0.385 e. The van der Waals surface area contributed by atoms with Crippen LogP contribution in [-0.4, -0.2) is 76.7 Å². The molecule has 0 aromatic carbocycles. The minimum absolute atomic E-state index is 0.346. The van der Waals surface area contributed by atoms with Crippen LogP contribution in [0.2, 0.25) is 0 Å². The molecule has 2 rings (SSSR count). The number of nitrogens with zero attached hydrogens (tertiary/aromatic N) is 2. The van der Waals surface area contributed by atoms with Gasteiger partial charge in [0.05, 0.1) is 12.2 Å². The molecule has 0 bridgehead atoms. The van der Waals surface area contributed by atoms with Crippen LogP contribution in [0.15, 0.2) is 4.99 Å². The Bertz CT molecular complexity index is 325. The molecule has 0 aromatic rings. The Hall–Kier alpha value is -0.850. The first-order valence-electron chi connectivity index (χ1n) is 8.51. The molecule has 2 heterocycles. The number of hydrogen-bond acceptors (Lipinski definition) is 4. The summed E-state index contributed by atoms with van der Waals surface area (Å²) in [5.74, 6) is 0.994. The highest BCUT2D eigenvalue weighted by Crippen LogP contribution is 2.15. The molecule has 1 N–H and O–H groups in total. The summed E-state index contributed by atoms with van der Waals surface area (Å²) in [4.78, 5) is 6.73. The third-order valence-electron chi connectivity index (χ3n) is 4.31. The zero-order valence-corrected chi connectivity index (χ0v) is 14.1. The van der Waals surface area contributed by atoms with Crippen molar-refractivity contribution < 1.29 is 14.2 Å². The van der Waals surface area contributed by atoms with Gasteiger partial charge in [-0.2, -0.15) is 0 Å². The molecule has 1 unspecified atom stereocenters. The number of guanidine groups is 1. The predicted molar refractivity (Wildman–Crippen MR) is 87.4 cm³/mol. The Morgan fingerprint density at radius 1 is 1.27 bits per heavy atom. The molecule has 0 aromatic heterocycles. The molecule has 0 aliphatic carbocycles. The molecule has 6 heteroatoms. The maximum absolute atomic E-state index is 5.90. The van der Waals surface area contributed by atoms with Crippen molar-refractivity contribution in [3.8, 4) is 0 Å². The van der Waals surface area contributed by atoms with E-state index in [9.17, 15) is 0 Å². The molecule has 1 atom stereocenters. The maximum Gasteiger partial charge on any atom is 0.193 e. The molecule has 0 spiro atoms. The first-order valence-corrected chi connectivity index (χ1v) is 8.51. The molecule has 2 aliphatic heterocycles. The van der Waals surface area contributed by atoms with Crippen molar-refractivity contribution >= 4 is 5.96 Å². The summed E-state index contributed by atoms with van der Waals surface area (Å²) in [5.41, 5.74) is 0. The van der Waals surface area contributed by atoms with Crippen LogP contribution in [0.1, 0.15) is 32.1 Å². The second-order valence-corrected chi connectivity index (χ2v) is 5.97. The van der Waals surface area contributed by atoms with Crippen LogP contribution < -0.4 is 5.32 Å². The van der Waals surface area contributed by atoms with Crippen LogP contribution in [0.3, 0.4) is 0 Å². The average Bonchev–Trinajstić information content (AvgIpc) is 3.07. The van der Waals surface area contributed by atoms with Crippen molar-refractivity contribution in [2.75, 3.05) is 53.6 Å². The van der Waals surface area contributed by atoms with Crippen molar-refractivity contribution in [3.63, 3.8) is 0 Å². The van der Waals surface area contributed by atoms with E-state index in [1.54, 1.807) is 7.11 Å². The standard InChI is InChI=1S/C16H31N3O3/c1-17-16(18-13-15-5-3-11-22-15)19-8-6-14(7-9-19)21-12-4-10-20-2/h14-15H,3-13H2,1-2H3,(H,17,18). The van der Waals surface area contributed by atoms with Gasteiger partial charge in [0.1, 0.15) is 0 Å². The molecule has 128 valence electrons. The first kappa shape index (κ1) is 17.5. The Kier molecular flexibility index (Phi) is 7.98. The van der Waals surface area contributed by atoms with Gasteiger partial charge in [-0.25, -0.2) is 0 Å².